The van der Waals surface area contributed by atoms with Gasteiger partial charge in [-0.25, -0.2) is 4.68 Å². The maximum Gasteiger partial charge on any atom is 0.143 e. The van der Waals surface area contributed by atoms with Crippen molar-refractivity contribution in [1.82, 2.24) is 25.0 Å². The highest BCUT2D eigenvalue weighted by Gasteiger charge is 2.16. The second kappa shape index (κ2) is 4.95. The molecular weight excluding hydrogens is 242 g/mol. The molecule has 3 rings (SSSR count). The van der Waals surface area contributed by atoms with Crippen molar-refractivity contribution in [3.8, 4) is 5.69 Å². The number of rotatable bonds is 3. The zero-order chi connectivity index (χ0) is 13.1. The number of benzene rings is 1. The molecule has 0 amide bonds. The van der Waals surface area contributed by atoms with Crippen molar-refractivity contribution in [3.63, 3.8) is 0 Å². The fraction of sp³-hybridized carbons (Fsp3) is 0.0769. The molecule has 2 aromatic heterocycles. The van der Waals surface area contributed by atoms with Gasteiger partial charge in [0, 0.05) is 12.4 Å². The van der Waals surface area contributed by atoms with E-state index in [1.54, 1.807) is 17.1 Å². The summed E-state index contributed by atoms with van der Waals surface area (Å²) >= 11 is 0. The standard InChI is InChI=1S/C13H11N5O/c19-13(11-8-14-6-7-15-11)12-9-18(17-16-12)10-4-2-1-3-5-10/h1-9,13,19H. The summed E-state index contributed by atoms with van der Waals surface area (Å²) in [7, 11) is 0. The van der Waals surface area contributed by atoms with Crippen molar-refractivity contribution in [2.45, 2.75) is 6.10 Å². The van der Waals surface area contributed by atoms with Gasteiger partial charge in [-0.1, -0.05) is 23.4 Å². The molecule has 0 spiro atoms. The highest BCUT2D eigenvalue weighted by molar-refractivity contribution is 5.30. The van der Waals surface area contributed by atoms with E-state index in [0.29, 0.717) is 11.4 Å². The van der Waals surface area contributed by atoms with Gasteiger partial charge in [0.2, 0.25) is 0 Å². The van der Waals surface area contributed by atoms with Crippen LogP contribution in [0.25, 0.3) is 5.69 Å². The van der Waals surface area contributed by atoms with Crippen molar-refractivity contribution in [3.05, 3.63) is 66.5 Å². The molecule has 0 aliphatic rings. The molecule has 6 nitrogen and oxygen atoms in total. The minimum atomic E-state index is -0.925. The van der Waals surface area contributed by atoms with E-state index < -0.39 is 6.10 Å². The summed E-state index contributed by atoms with van der Waals surface area (Å²) in [5.74, 6) is 0. The highest BCUT2D eigenvalue weighted by atomic mass is 16.3. The Morgan fingerprint density at radius 2 is 1.89 bits per heavy atom. The van der Waals surface area contributed by atoms with Crippen LogP contribution in [0.1, 0.15) is 17.5 Å². The van der Waals surface area contributed by atoms with Crippen molar-refractivity contribution in [2.75, 3.05) is 0 Å². The summed E-state index contributed by atoms with van der Waals surface area (Å²) in [5.41, 5.74) is 1.76. The fourth-order valence-corrected chi connectivity index (χ4v) is 1.71. The van der Waals surface area contributed by atoms with E-state index in [4.69, 9.17) is 0 Å². The lowest BCUT2D eigenvalue weighted by atomic mass is 10.2. The van der Waals surface area contributed by atoms with Gasteiger partial charge in [-0.05, 0) is 12.1 Å². The zero-order valence-electron chi connectivity index (χ0n) is 9.96. The second-order valence-electron chi connectivity index (χ2n) is 3.96. The Balaban J connectivity index is 1.90. The monoisotopic (exact) mass is 253 g/mol. The van der Waals surface area contributed by atoms with Gasteiger partial charge in [0.05, 0.1) is 23.8 Å². The molecule has 6 heteroatoms. The number of hydrogen-bond donors (Lipinski definition) is 1. The lowest BCUT2D eigenvalue weighted by Gasteiger charge is -2.04. The molecule has 0 saturated carbocycles. The molecule has 19 heavy (non-hydrogen) atoms. The molecule has 3 aromatic rings. The Labute approximate surface area is 109 Å². The third-order valence-corrected chi connectivity index (χ3v) is 2.68. The van der Waals surface area contributed by atoms with Gasteiger partial charge in [0.15, 0.2) is 0 Å². The first-order valence-electron chi connectivity index (χ1n) is 5.76. The average molecular weight is 253 g/mol. The maximum atomic E-state index is 10.1. The Bertz CT molecular complexity index is 653. The van der Waals surface area contributed by atoms with Crippen LogP contribution in [0.2, 0.25) is 0 Å². The van der Waals surface area contributed by atoms with Crippen molar-refractivity contribution in [2.24, 2.45) is 0 Å². The van der Waals surface area contributed by atoms with Gasteiger partial charge < -0.3 is 5.11 Å². The summed E-state index contributed by atoms with van der Waals surface area (Å²) in [6.07, 6.45) is 5.34. The Morgan fingerprint density at radius 1 is 1.05 bits per heavy atom. The third kappa shape index (κ3) is 2.34. The van der Waals surface area contributed by atoms with E-state index in [1.807, 2.05) is 30.3 Å². The summed E-state index contributed by atoms with van der Waals surface area (Å²) in [6, 6.07) is 9.57. The topological polar surface area (TPSA) is 76.7 Å². The molecule has 1 aromatic carbocycles. The molecular formula is C13H11N5O. The highest BCUT2D eigenvalue weighted by Crippen LogP contribution is 2.17. The summed E-state index contributed by atoms with van der Waals surface area (Å²) in [6.45, 7) is 0. The normalized spacial score (nSPS) is 12.3. The van der Waals surface area contributed by atoms with Crippen LogP contribution in [0.4, 0.5) is 0 Å². The van der Waals surface area contributed by atoms with Gasteiger partial charge in [0.1, 0.15) is 11.8 Å². The Hall–Kier alpha value is -2.60. The average Bonchev–Trinajstić information content (AvgIpc) is 2.98. The van der Waals surface area contributed by atoms with Gasteiger partial charge in [-0.15, -0.1) is 5.10 Å². The van der Waals surface area contributed by atoms with Gasteiger partial charge in [0.25, 0.3) is 0 Å². The Kier molecular flexibility index (Phi) is 2.99. The van der Waals surface area contributed by atoms with Crippen LogP contribution >= 0.6 is 0 Å². The first-order valence-corrected chi connectivity index (χ1v) is 5.76. The third-order valence-electron chi connectivity index (χ3n) is 2.68. The molecule has 0 fully saturated rings. The van der Waals surface area contributed by atoms with E-state index in [-0.39, 0.29) is 0 Å². The van der Waals surface area contributed by atoms with Crippen molar-refractivity contribution >= 4 is 0 Å². The Morgan fingerprint density at radius 3 is 2.63 bits per heavy atom. The van der Waals surface area contributed by atoms with Crippen LogP contribution in [0.15, 0.2) is 55.1 Å². The number of aliphatic hydroxyl groups is 1. The van der Waals surface area contributed by atoms with E-state index in [2.05, 4.69) is 20.3 Å². The first kappa shape index (κ1) is 11.5. The first-order chi connectivity index (χ1) is 9.34. The van der Waals surface area contributed by atoms with Crippen LogP contribution in [0.5, 0.6) is 0 Å². The number of aromatic nitrogens is 5. The van der Waals surface area contributed by atoms with Crippen LogP contribution < -0.4 is 0 Å². The van der Waals surface area contributed by atoms with Crippen LogP contribution in [-0.2, 0) is 0 Å². The molecule has 0 aliphatic carbocycles. The van der Waals surface area contributed by atoms with E-state index in [1.165, 1.54) is 12.4 Å². The molecule has 1 atom stereocenters. The van der Waals surface area contributed by atoms with Crippen LogP contribution in [0, 0.1) is 0 Å². The maximum absolute atomic E-state index is 10.1. The number of para-hydroxylation sites is 1. The predicted octanol–water partition coefficient (Wildman–Crippen LogP) is 1.14. The lowest BCUT2D eigenvalue weighted by Crippen LogP contribution is -2.03. The number of hydrogen-bond acceptors (Lipinski definition) is 5. The molecule has 1 unspecified atom stereocenters. The second-order valence-corrected chi connectivity index (χ2v) is 3.96. The number of nitrogens with zero attached hydrogens (tertiary/aromatic N) is 5. The molecule has 0 bridgehead atoms. The minimum Gasteiger partial charge on any atom is -0.380 e. The van der Waals surface area contributed by atoms with Crippen molar-refractivity contribution < 1.29 is 5.11 Å². The number of aliphatic hydroxyl groups excluding tert-OH is 1. The fourth-order valence-electron chi connectivity index (χ4n) is 1.71. The molecule has 0 radical (unpaired) electrons. The molecule has 2 heterocycles. The van der Waals surface area contributed by atoms with Gasteiger partial charge >= 0.3 is 0 Å². The van der Waals surface area contributed by atoms with E-state index >= 15 is 0 Å². The summed E-state index contributed by atoms with van der Waals surface area (Å²) < 4.78 is 1.61. The lowest BCUT2D eigenvalue weighted by molar-refractivity contribution is 0.209. The quantitative estimate of drug-likeness (QED) is 0.757. The smallest absolute Gasteiger partial charge is 0.143 e. The van der Waals surface area contributed by atoms with Crippen molar-refractivity contribution in [1.29, 1.82) is 0 Å². The predicted molar refractivity (Wildman–Crippen MR) is 67.5 cm³/mol. The van der Waals surface area contributed by atoms with Crippen LogP contribution in [-0.4, -0.2) is 30.1 Å². The largest absolute Gasteiger partial charge is 0.380 e. The minimum absolute atomic E-state index is 0.435. The zero-order valence-corrected chi connectivity index (χ0v) is 9.96. The summed E-state index contributed by atoms with van der Waals surface area (Å²) in [4.78, 5) is 7.97. The van der Waals surface area contributed by atoms with Gasteiger partial charge in [-0.2, -0.15) is 0 Å². The molecule has 0 saturated heterocycles. The van der Waals surface area contributed by atoms with Gasteiger partial charge in [-0.3, -0.25) is 9.97 Å². The van der Waals surface area contributed by atoms with E-state index in [9.17, 15) is 5.11 Å². The van der Waals surface area contributed by atoms with Crippen LogP contribution in [0.3, 0.4) is 0 Å². The molecule has 1 N–H and O–H groups in total. The summed E-state index contributed by atoms with van der Waals surface area (Å²) in [5, 5.41) is 18.1. The SMILES string of the molecule is OC(c1cnccn1)c1cn(-c2ccccc2)nn1. The van der Waals surface area contributed by atoms with E-state index in [0.717, 1.165) is 5.69 Å². The molecule has 0 aliphatic heterocycles. The molecule has 94 valence electrons.